The Morgan fingerprint density at radius 3 is 1.20 bits per heavy atom. The number of rotatable bonds is 0. The average molecular weight is 89.0 g/mol. The number of hydrogen-bond donors (Lipinski definition) is 0. The topological polar surface area (TPSA) is 58.7 Å². The van der Waals surface area contributed by atoms with Gasteiger partial charge in [0.25, 0.3) is 0 Å². The van der Waals surface area contributed by atoms with Crippen LogP contribution in [0.2, 0.25) is 0 Å². The molecule has 0 aliphatic heterocycles. The molecule has 0 aromatic heterocycles. The van der Waals surface area contributed by atoms with Gasteiger partial charge in [-0.2, -0.15) is 0 Å². The number of hydrogen-bond acceptors (Lipinski definition) is 0. The fraction of sp³-hybridized carbons (Fsp3) is 0. The Kier molecular flexibility index (Phi) is 60.0. The molecular formula is HN3Na2. The molecular weight excluding hydrogens is 88.0 g/mol. The van der Waals surface area contributed by atoms with Crippen molar-refractivity contribution >= 4 is 29.6 Å². The Balaban J connectivity index is -0.0000000200. The van der Waals surface area contributed by atoms with Gasteiger partial charge in [0, 0.05) is 0 Å². The van der Waals surface area contributed by atoms with Crippen LogP contribution >= 0.6 is 0 Å². The van der Waals surface area contributed by atoms with E-state index >= 15 is 0 Å². The van der Waals surface area contributed by atoms with Crippen molar-refractivity contribution in [3.05, 3.63) is 16.0 Å². The van der Waals surface area contributed by atoms with Gasteiger partial charge in [-0.05, 0) is 0 Å². The van der Waals surface area contributed by atoms with E-state index in [1.807, 2.05) is 0 Å². The summed E-state index contributed by atoms with van der Waals surface area (Å²) >= 11 is 0. The van der Waals surface area contributed by atoms with Gasteiger partial charge < -0.3 is 11.1 Å². The molecule has 5 heavy (non-hydrogen) atoms. The summed E-state index contributed by atoms with van der Waals surface area (Å²) in [4.78, 5) is 1.50. The maximum absolute atomic E-state index is 6.75. The molecule has 0 fully saturated rings. The van der Waals surface area contributed by atoms with Crippen LogP contribution in [0.15, 0.2) is 0 Å². The summed E-state index contributed by atoms with van der Waals surface area (Å²) in [5, 5.41) is 0. The summed E-state index contributed by atoms with van der Waals surface area (Å²) < 4.78 is 0. The zero-order valence-electron chi connectivity index (χ0n) is 2.34. The molecule has 0 saturated carbocycles. The first-order valence-electron chi connectivity index (χ1n) is 0.400. The molecule has 3 nitrogen and oxygen atoms in total. The first-order valence-corrected chi connectivity index (χ1v) is 0.400. The third kappa shape index (κ3) is 33.9. The summed E-state index contributed by atoms with van der Waals surface area (Å²) in [6.07, 6.45) is 0. The zero-order valence-corrected chi connectivity index (χ0v) is 4.34. The van der Waals surface area contributed by atoms with Crippen LogP contribution in [0.3, 0.4) is 0 Å². The van der Waals surface area contributed by atoms with E-state index in [-0.39, 0.29) is 59.1 Å². The van der Waals surface area contributed by atoms with Crippen LogP contribution in [0, 0.1) is 0 Å². The zero-order chi connectivity index (χ0) is 2.71. The van der Waals surface area contributed by atoms with Gasteiger partial charge in [0.05, 0.1) is 0 Å². The molecule has 18 valence electrons. The molecule has 0 radical (unpaired) electrons. The van der Waals surface area contributed by atoms with E-state index in [4.69, 9.17) is 11.1 Å². The first-order chi connectivity index (χ1) is 1.41. The van der Waals surface area contributed by atoms with E-state index < -0.39 is 0 Å². The fourth-order valence-electron chi connectivity index (χ4n) is 0. The van der Waals surface area contributed by atoms with E-state index in [1.54, 1.807) is 0 Å². The van der Waals surface area contributed by atoms with Crippen LogP contribution in [0.4, 0.5) is 0 Å². The predicted octanol–water partition coefficient (Wildman–Crippen LogP) is -2.78. The predicted molar refractivity (Wildman–Crippen MR) is 17.2 cm³/mol. The molecule has 0 aliphatic carbocycles. The van der Waals surface area contributed by atoms with Crippen molar-refractivity contribution in [1.29, 1.82) is 0 Å². The third-order valence-corrected chi connectivity index (χ3v) is 0. The molecule has 0 N–H and O–H groups in total. The maximum atomic E-state index is 6.75. The van der Waals surface area contributed by atoms with Gasteiger partial charge in [0.2, 0.25) is 0 Å². The molecule has 0 unspecified atom stereocenters. The standard InChI is InChI=1S/N3.2Na.H/c1-3-2;;;/q-1;;+1;. The Bertz CT molecular complexity index is 25.9. The van der Waals surface area contributed by atoms with Gasteiger partial charge in [0.15, 0.2) is 0 Å². The van der Waals surface area contributed by atoms with E-state index in [0.717, 1.165) is 0 Å². The van der Waals surface area contributed by atoms with Crippen LogP contribution < -0.4 is 29.6 Å². The van der Waals surface area contributed by atoms with Crippen molar-refractivity contribution in [2.45, 2.75) is 0 Å². The van der Waals surface area contributed by atoms with Gasteiger partial charge >= 0.3 is 59.1 Å². The van der Waals surface area contributed by atoms with E-state index in [0.29, 0.717) is 0 Å². The van der Waals surface area contributed by atoms with Gasteiger partial charge in [-0.15, -0.1) is 0 Å². The van der Waals surface area contributed by atoms with Gasteiger partial charge in [0.1, 0.15) is 0 Å². The summed E-state index contributed by atoms with van der Waals surface area (Å²) in [5.41, 5.74) is 13.5. The Labute approximate surface area is 74.1 Å². The molecule has 0 aromatic carbocycles. The molecule has 0 atom stereocenters. The molecule has 0 aromatic rings. The summed E-state index contributed by atoms with van der Waals surface area (Å²) in [6.45, 7) is 0. The van der Waals surface area contributed by atoms with Crippen molar-refractivity contribution in [2.75, 3.05) is 0 Å². The molecule has 0 saturated heterocycles. The van der Waals surface area contributed by atoms with Crippen LogP contribution in [0.5, 0.6) is 0 Å². The molecule has 0 rings (SSSR count). The second-order valence-electron chi connectivity index (χ2n) is 0.0894. The van der Waals surface area contributed by atoms with Crippen molar-refractivity contribution in [3.63, 3.8) is 0 Å². The van der Waals surface area contributed by atoms with Crippen LogP contribution in [-0.2, 0) is 0 Å². The Morgan fingerprint density at radius 2 is 1.20 bits per heavy atom. The van der Waals surface area contributed by atoms with Crippen molar-refractivity contribution in [1.82, 2.24) is 0 Å². The summed E-state index contributed by atoms with van der Waals surface area (Å²) in [7, 11) is 0. The van der Waals surface area contributed by atoms with Gasteiger partial charge in [-0.3, -0.25) is 4.91 Å². The molecule has 0 amide bonds. The second-order valence-corrected chi connectivity index (χ2v) is 0.0894. The third-order valence-electron chi connectivity index (χ3n) is 0. The van der Waals surface area contributed by atoms with Crippen molar-refractivity contribution < 1.29 is 29.6 Å². The first kappa shape index (κ1) is 16.2. The molecule has 5 heteroatoms. The normalized spacial score (nSPS) is 1.60. The summed E-state index contributed by atoms with van der Waals surface area (Å²) in [6, 6.07) is 0. The van der Waals surface area contributed by atoms with E-state index in [2.05, 4.69) is 0 Å². The Hall–Kier alpha value is 1.31. The minimum atomic E-state index is 0. The van der Waals surface area contributed by atoms with Crippen molar-refractivity contribution in [3.8, 4) is 0 Å². The van der Waals surface area contributed by atoms with Gasteiger partial charge in [-0.1, -0.05) is 0 Å². The quantitative estimate of drug-likeness (QED) is 0.133. The minimum absolute atomic E-state index is 0. The summed E-state index contributed by atoms with van der Waals surface area (Å²) in [5.74, 6) is 0. The molecule has 0 aliphatic rings. The SMILES string of the molecule is [N-]=[N+]=[N-].[Na+].[NaH]. The van der Waals surface area contributed by atoms with Gasteiger partial charge in [-0.25, -0.2) is 0 Å². The molecule has 0 bridgehead atoms. The Morgan fingerprint density at radius 1 is 1.20 bits per heavy atom. The average Bonchev–Trinajstić information content (AvgIpc) is 0.918. The van der Waals surface area contributed by atoms with Crippen LogP contribution in [-0.4, -0.2) is 29.6 Å². The van der Waals surface area contributed by atoms with Crippen LogP contribution in [0.25, 0.3) is 16.0 Å². The fourth-order valence-corrected chi connectivity index (χ4v) is 0. The second kappa shape index (κ2) is 18.5. The molecule has 0 spiro atoms. The number of nitrogens with zero attached hydrogens (tertiary/aromatic N) is 3. The van der Waals surface area contributed by atoms with E-state index in [1.165, 1.54) is 4.91 Å². The monoisotopic (exact) mass is 89.0 g/mol. The van der Waals surface area contributed by atoms with Crippen molar-refractivity contribution in [2.24, 2.45) is 0 Å². The van der Waals surface area contributed by atoms with Crippen LogP contribution in [0.1, 0.15) is 0 Å². The van der Waals surface area contributed by atoms with E-state index in [9.17, 15) is 0 Å². The molecule has 0 heterocycles.